The Balaban J connectivity index is 2.33. The molecule has 5 heteroatoms. The molecule has 1 N–H and O–H groups in total. The Morgan fingerprint density at radius 2 is 1.94 bits per heavy atom. The molecule has 0 amide bonds. The van der Waals surface area contributed by atoms with Gasteiger partial charge in [-0.05, 0) is 19.1 Å². The predicted octanol–water partition coefficient (Wildman–Crippen LogP) is 1.08. The molecule has 0 heterocycles. The number of aliphatic carboxylic acids is 1. The number of hydrogen-bond donors (Lipinski definition) is 1. The fourth-order valence-electron chi connectivity index (χ4n) is 0.941. The van der Waals surface area contributed by atoms with Crippen LogP contribution in [-0.4, -0.2) is 29.8 Å². The summed E-state index contributed by atoms with van der Waals surface area (Å²) in [5.74, 6) is -1.37. The van der Waals surface area contributed by atoms with E-state index in [4.69, 9.17) is 9.84 Å². The lowest BCUT2D eigenvalue weighted by Gasteiger charge is -2.09. The second kappa shape index (κ2) is 5.75. The Hall–Kier alpha value is -2.04. The summed E-state index contributed by atoms with van der Waals surface area (Å²) in [4.78, 5) is 21.5. The standard InChI is InChI=1S/C11H12O5/c1-8(11(13)14)16-10(12)7-15-9-5-3-2-4-6-9/h2-6,8H,7H2,1H3,(H,13,14). The monoisotopic (exact) mass is 224 g/mol. The number of para-hydroxylation sites is 1. The van der Waals surface area contributed by atoms with E-state index in [1.165, 1.54) is 6.92 Å². The van der Waals surface area contributed by atoms with Gasteiger partial charge in [-0.15, -0.1) is 0 Å². The highest BCUT2D eigenvalue weighted by molar-refractivity contribution is 5.78. The molecule has 1 rings (SSSR count). The summed E-state index contributed by atoms with van der Waals surface area (Å²) in [6, 6.07) is 8.72. The van der Waals surface area contributed by atoms with Gasteiger partial charge in [0.15, 0.2) is 12.7 Å². The number of carbonyl (C=O) groups excluding carboxylic acids is 1. The molecule has 0 aliphatic rings. The molecule has 0 fully saturated rings. The van der Waals surface area contributed by atoms with Crippen molar-refractivity contribution >= 4 is 11.9 Å². The molecule has 0 saturated heterocycles. The number of benzene rings is 1. The Morgan fingerprint density at radius 3 is 2.50 bits per heavy atom. The predicted molar refractivity (Wildman–Crippen MR) is 55.1 cm³/mol. The van der Waals surface area contributed by atoms with E-state index < -0.39 is 18.0 Å². The third-order valence-electron chi connectivity index (χ3n) is 1.76. The van der Waals surface area contributed by atoms with Crippen molar-refractivity contribution in [2.45, 2.75) is 13.0 Å². The lowest BCUT2D eigenvalue weighted by molar-refractivity contribution is -0.163. The van der Waals surface area contributed by atoms with Crippen LogP contribution in [0.4, 0.5) is 0 Å². The number of rotatable bonds is 5. The first-order valence-corrected chi connectivity index (χ1v) is 4.69. The van der Waals surface area contributed by atoms with E-state index in [2.05, 4.69) is 4.74 Å². The van der Waals surface area contributed by atoms with E-state index in [1.54, 1.807) is 24.3 Å². The second-order valence-corrected chi connectivity index (χ2v) is 3.07. The van der Waals surface area contributed by atoms with E-state index in [1.807, 2.05) is 6.07 Å². The molecule has 1 aromatic carbocycles. The third-order valence-corrected chi connectivity index (χ3v) is 1.76. The largest absolute Gasteiger partial charge is 0.482 e. The smallest absolute Gasteiger partial charge is 0.344 e. The van der Waals surface area contributed by atoms with Crippen molar-refractivity contribution in [2.75, 3.05) is 6.61 Å². The van der Waals surface area contributed by atoms with Gasteiger partial charge in [0.2, 0.25) is 0 Å². The average Bonchev–Trinajstić information content (AvgIpc) is 2.27. The summed E-state index contributed by atoms with van der Waals surface area (Å²) >= 11 is 0. The molecular formula is C11H12O5. The number of carbonyl (C=O) groups is 2. The van der Waals surface area contributed by atoms with Gasteiger partial charge in [0.25, 0.3) is 0 Å². The molecule has 5 nitrogen and oxygen atoms in total. The maximum Gasteiger partial charge on any atom is 0.344 e. The highest BCUT2D eigenvalue weighted by Gasteiger charge is 2.16. The van der Waals surface area contributed by atoms with Crippen molar-refractivity contribution in [1.82, 2.24) is 0 Å². The van der Waals surface area contributed by atoms with Gasteiger partial charge in [0, 0.05) is 0 Å². The van der Waals surface area contributed by atoms with Gasteiger partial charge in [-0.2, -0.15) is 0 Å². The van der Waals surface area contributed by atoms with Crippen molar-refractivity contribution in [2.24, 2.45) is 0 Å². The van der Waals surface area contributed by atoms with Crippen LogP contribution in [0.5, 0.6) is 5.75 Å². The van der Waals surface area contributed by atoms with Crippen LogP contribution in [0.3, 0.4) is 0 Å². The van der Waals surface area contributed by atoms with Crippen LogP contribution in [-0.2, 0) is 14.3 Å². The van der Waals surface area contributed by atoms with Gasteiger partial charge < -0.3 is 14.6 Å². The molecule has 0 spiro atoms. The Morgan fingerprint density at radius 1 is 1.31 bits per heavy atom. The van der Waals surface area contributed by atoms with E-state index in [0.29, 0.717) is 5.75 Å². The summed E-state index contributed by atoms with van der Waals surface area (Å²) in [5.41, 5.74) is 0. The Kier molecular flexibility index (Phi) is 4.32. The van der Waals surface area contributed by atoms with E-state index >= 15 is 0 Å². The quantitative estimate of drug-likeness (QED) is 0.757. The molecule has 0 aromatic heterocycles. The van der Waals surface area contributed by atoms with E-state index in [0.717, 1.165) is 0 Å². The first-order valence-electron chi connectivity index (χ1n) is 4.69. The molecule has 0 aliphatic carbocycles. The molecule has 0 bridgehead atoms. The van der Waals surface area contributed by atoms with Crippen LogP contribution >= 0.6 is 0 Å². The highest BCUT2D eigenvalue weighted by Crippen LogP contribution is 2.08. The molecule has 86 valence electrons. The summed E-state index contributed by atoms with van der Waals surface area (Å²) in [6.45, 7) is 0.977. The van der Waals surface area contributed by atoms with Crippen molar-refractivity contribution in [3.8, 4) is 5.75 Å². The van der Waals surface area contributed by atoms with Gasteiger partial charge in [-0.3, -0.25) is 0 Å². The van der Waals surface area contributed by atoms with Gasteiger partial charge in [-0.1, -0.05) is 18.2 Å². The van der Waals surface area contributed by atoms with Crippen molar-refractivity contribution < 1.29 is 24.2 Å². The van der Waals surface area contributed by atoms with Crippen molar-refractivity contribution in [3.63, 3.8) is 0 Å². The molecule has 1 aromatic rings. The summed E-state index contributed by atoms with van der Waals surface area (Å²) < 4.78 is 9.65. The zero-order valence-electron chi connectivity index (χ0n) is 8.75. The number of esters is 1. The minimum absolute atomic E-state index is 0.304. The fourth-order valence-corrected chi connectivity index (χ4v) is 0.941. The zero-order valence-corrected chi connectivity index (χ0v) is 8.75. The number of hydrogen-bond acceptors (Lipinski definition) is 4. The normalized spacial score (nSPS) is 11.6. The summed E-state index contributed by atoms with van der Waals surface area (Å²) in [5, 5.41) is 8.50. The molecule has 0 saturated carbocycles. The maximum atomic E-state index is 11.1. The number of carboxylic acid groups (broad SMARTS) is 1. The average molecular weight is 224 g/mol. The maximum absolute atomic E-state index is 11.1. The first-order chi connectivity index (χ1) is 7.59. The van der Waals surface area contributed by atoms with E-state index in [9.17, 15) is 9.59 Å². The number of ether oxygens (including phenoxy) is 2. The zero-order chi connectivity index (χ0) is 12.0. The van der Waals surface area contributed by atoms with Crippen LogP contribution in [0.15, 0.2) is 30.3 Å². The Labute approximate surface area is 92.6 Å². The second-order valence-electron chi connectivity index (χ2n) is 3.07. The number of carboxylic acids is 1. The molecule has 1 unspecified atom stereocenters. The molecule has 0 aliphatic heterocycles. The lowest BCUT2D eigenvalue weighted by Crippen LogP contribution is -2.26. The minimum atomic E-state index is -1.19. The van der Waals surface area contributed by atoms with E-state index in [-0.39, 0.29) is 6.61 Å². The van der Waals surface area contributed by atoms with Crippen molar-refractivity contribution in [3.05, 3.63) is 30.3 Å². The van der Waals surface area contributed by atoms with Crippen LogP contribution in [0.2, 0.25) is 0 Å². The van der Waals surface area contributed by atoms with Crippen molar-refractivity contribution in [1.29, 1.82) is 0 Å². The SMILES string of the molecule is CC(OC(=O)COc1ccccc1)C(=O)O. The fraction of sp³-hybridized carbons (Fsp3) is 0.273. The minimum Gasteiger partial charge on any atom is -0.482 e. The first kappa shape index (κ1) is 12.0. The van der Waals surface area contributed by atoms with Crippen LogP contribution in [0, 0.1) is 0 Å². The van der Waals surface area contributed by atoms with Gasteiger partial charge >= 0.3 is 11.9 Å². The molecule has 1 atom stereocenters. The topological polar surface area (TPSA) is 72.8 Å². The van der Waals surface area contributed by atoms with Gasteiger partial charge in [0.1, 0.15) is 5.75 Å². The molecule has 16 heavy (non-hydrogen) atoms. The molecule has 0 radical (unpaired) electrons. The molecular weight excluding hydrogens is 212 g/mol. The van der Waals surface area contributed by atoms with Crippen LogP contribution in [0.1, 0.15) is 6.92 Å². The van der Waals surface area contributed by atoms with Gasteiger partial charge in [-0.25, -0.2) is 9.59 Å². The Bertz CT molecular complexity index is 360. The third kappa shape index (κ3) is 4.00. The summed E-state index contributed by atoms with van der Waals surface area (Å²) in [6.07, 6.45) is -1.16. The van der Waals surface area contributed by atoms with Gasteiger partial charge in [0.05, 0.1) is 0 Å². The lowest BCUT2D eigenvalue weighted by atomic mass is 10.3. The highest BCUT2D eigenvalue weighted by atomic mass is 16.6. The summed E-state index contributed by atoms with van der Waals surface area (Å²) in [7, 11) is 0. The van der Waals surface area contributed by atoms with Crippen LogP contribution in [0.25, 0.3) is 0 Å². The van der Waals surface area contributed by atoms with Crippen LogP contribution < -0.4 is 4.74 Å².